The van der Waals surface area contributed by atoms with Gasteiger partial charge in [0.05, 0.1) is 25.8 Å². The van der Waals surface area contributed by atoms with Crippen LogP contribution in [0.15, 0.2) is 24.3 Å². The van der Waals surface area contributed by atoms with Crippen molar-refractivity contribution in [2.75, 3.05) is 25.6 Å². The normalized spacial score (nSPS) is 11.2. The van der Waals surface area contributed by atoms with Gasteiger partial charge in [-0.2, -0.15) is 13.2 Å². The molecule has 7 heteroatoms. The maximum atomic E-state index is 11.8. The molecule has 0 aliphatic heterocycles. The molecule has 0 aromatic heterocycles. The molecule has 1 N–H and O–H groups in total. The van der Waals surface area contributed by atoms with Crippen LogP contribution in [0, 0.1) is 0 Å². The lowest BCUT2D eigenvalue weighted by Crippen LogP contribution is -2.20. The van der Waals surface area contributed by atoms with Crippen LogP contribution in [0.5, 0.6) is 5.75 Å². The van der Waals surface area contributed by atoms with E-state index in [1.165, 1.54) is 7.11 Å². The van der Waals surface area contributed by atoms with Gasteiger partial charge >= 0.3 is 6.18 Å². The molecule has 0 fully saturated rings. The number of anilines is 1. The highest BCUT2D eigenvalue weighted by atomic mass is 19.4. The minimum absolute atomic E-state index is 0.159. The van der Waals surface area contributed by atoms with Crippen molar-refractivity contribution in [1.82, 2.24) is 0 Å². The summed E-state index contributed by atoms with van der Waals surface area (Å²) in [5, 5.41) is 2.53. The van der Waals surface area contributed by atoms with E-state index in [2.05, 4.69) is 10.1 Å². The number of hydrogen-bond donors (Lipinski definition) is 1. The maximum Gasteiger partial charge on any atom is 0.411 e. The third-order valence-electron chi connectivity index (χ3n) is 2.12. The van der Waals surface area contributed by atoms with Gasteiger partial charge in [0.2, 0.25) is 5.91 Å². The van der Waals surface area contributed by atoms with Crippen molar-refractivity contribution in [3.8, 4) is 5.75 Å². The van der Waals surface area contributed by atoms with Crippen LogP contribution in [-0.2, 0) is 9.53 Å². The van der Waals surface area contributed by atoms with Crippen molar-refractivity contribution in [2.24, 2.45) is 0 Å². The molecule has 0 aliphatic rings. The number of nitrogens with one attached hydrogen (secondary N) is 1. The van der Waals surface area contributed by atoms with Gasteiger partial charge in [0.15, 0.2) is 0 Å². The van der Waals surface area contributed by atoms with Crippen LogP contribution in [0.4, 0.5) is 18.9 Å². The number of carbonyl (C=O) groups is 1. The van der Waals surface area contributed by atoms with Crippen molar-refractivity contribution < 1.29 is 27.4 Å². The van der Waals surface area contributed by atoms with Gasteiger partial charge in [-0.05, 0) is 12.1 Å². The number of rotatable bonds is 6. The Kier molecular flexibility index (Phi) is 5.62. The molecule has 1 amide bonds. The van der Waals surface area contributed by atoms with Gasteiger partial charge in [-0.15, -0.1) is 0 Å². The van der Waals surface area contributed by atoms with Gasteiger partial charge in [0.25, 0.3) is 0 Å². The number of carbonyl (C=O) groups excluding carboxylic acids is 1. The molecule has 1 aromatic carbocycles. The van der Waals surface area contributed by atoms with Crippen LogP contribution < -0.4 is 10.1 Å². The Bertz CT molecular complexity index is 421. The Labute approximate surface area is 108 Å². The molecule has 0 saturated carbocycles. The van der Waals surface area contributed by atoms with Crippen LogP contribution in [0.3, 0.4) is 0 Å². The topological polar surface area (TPSA) is 47.6 Å². The fraction of sp³-hybridized carbons (Fsp3) is 0.417. The third-order valence-corrected chi connectivity index (χ3v) is 2.12. The Morgan fingerprint density at radius 1 is 1.32 bits per heavy atom. The molecule has 0 spiro atoms. The molecule has 0 radical (unpaired) electrons. The van der Waals surface area contributed by atoms with Crippen molar-refractivity contribution in [2.45, 2.75) is 12.6 Å². The highest BCUT2D eigenvalue weighted by Crippen LogP contribution is 2.23. The summed E-state index contributed by atoms with van der Waals surface area (Å²) in [6, 6.07) is 6.74. The minimum atomic E-state index is -4.38. The van der Waals surface area contributed by atoms with Crippen molar-refractivity contribution in [3.63, 3.8) is 0 Å². The molecule has 0 saturated heterocycles. The van der Waals surface area contributed by atoms with Crippen molar-refractivity contribution in [3.05, 3.63) is 24.3 Å². The molecule has 0 bridgehead atoms. The summed E-state index contributed by atoms with van der Waals surface area (Å²) >= 11 is 0. The largest absolute Gasteiger partial charge is 0.495 e. The van der Waals surface area contributed by atoms with E-state index in [9.17, 15) is 18.0 Å². The number of methoxy groups -OCH3 is 1. The summed E-state index contributed by atoms with van der Waals surface area (Å²) < 4.78 is 44.7. The lowest BCUT2D eigenvalue weighted by molar-refractivity contribution is -0.174. The Morgan fingerprint density at radius 2 is 2.00 bits per heavy atom. The lowest BCUT2D eigenvalue weighted by atomic mass is 10.3. The molecule has 0 heterocycles. The average molecular weight is 277 g/mol. The number of para-hydroxylation sites is 2. The van der Waals surface area contributed by atoms with Crippen molar-refractivity contribution in [1.29, 1.82) is 0 Å². The van der Waals surface area contributed by atoms with E-state index in [0.717, 1.165) is 0 Å². The summed E-state index contributed by atoms with van der Waals surface area (Å²) in [6.45, 7) is -1.64. The van der Waals surface area contributed by atoms with Gasteiger partial charge in [-0.1, -0.05) is 12.1 Å². The Hall–Kier alpha value is -1.76. The smallest absolute Gasteiger partial charge is 0.411 e. The second-order valence-electron chi connectivity index (χ2n) is 3.67. The van der Waals surface area contributed by atoms with Crippen LogP contribution in [0.1, 0.15) is 6.42 Å². The molecular formula is C12H14F3NO3. The number of ether oxygens (including phenoxy) is 2. The molecule has 19 heavy (non-hydrogen) atoms. The van der Waals surface area contributed by atoms with E-state index in [-0.39, 0.29) is 13.0 Å². The molecule has 1 rings (SSSR count). The number of halogens is 3. The summed E-state index contributed by atoms with van der Waals surface area (Å²) in [5.74, 6) is 0.0405. The quantitative estimate of drug-likeness (QED) is 0.813. The molecule has 0 atom stereocenters. The van der Waals surface area contributed by atoms with Crippen LogP contribution in [-0.4, -0.2) is 32.4 Å². The van der Waals surface area contributed by atoms with Gasteiger partial charge in [-0.3, -0.25) is 4.79 Å². The lowest BCUT2D eigenvalue weighted by Gasteiger charge is -2.10. The Morgan fingerprint density at radius 3 is 2.63 bits per heavy atom. The highest BCUT2D eigenvalue weighted by Gasteiger charge is 2.27. The Balaban J connectivity index is 2.35. The average Bonchev–Trinajstić information content (AvgIpc) is 2.34. The zero-order chi connectivity index (χ0) is 14.3. The summed E-state index contributed by atoms with van der Waals surface area (Å²) in [7, 11) is 1.46. The molecule has 0 unspecified atom stereocenters. The van der Waals surface area contributed by atoms with Gasteiger partial charge in [-0.25, -0.2) is 0 Å². The first-order valence-corrected chi connectivity index (χ1v) is 5.50. The highest BCUT2D eigenvalue weighted by molar-refractivity contribution is 5.92. The zero-order valence-electron chi connectivity index (χ0n) is 10.3. The summed E-state index contributed by atoms with van der Waals surface area (Å²) in [5.41, 5.74) is 0.464. The molecule has 106 valence electrons. The first-order valence-electron chi connectivity index (χ1n) is 5.50. The molecule has 0 aliphatic carbocycles. The maximum absolute atomic E-state index is 11.8. The van der Waals surface area contributed by atoms with Gasteiger partial charge in [0, 0.05) is 0 Å². The number of amides is 1. The third kappa shape index (κ3) is 6.10. The summed E-state index contributed by atoms with van der Waals surface area (Å²) in [6.07, 6.45) is -4.53. The standard InChI is InChI=1S/C12H14F3NO3/c1-18-10-5-3-2-4-9(10)16-11(17)6-7-19-8-12(13,14)15/h2-5H,6-8H2,1H3,(H,16,17). The van der Waals surface area contributed by atoms with E-state index < -0.39 is 18.7 Å². The fourth-order valence-corrected chi connectivity index (χ4v) is 1.31. The second-order valence-corrected chi connectivity index (χ2v) is 3.67. The molecule has 1 aromatic rings. The SMILES string of the molecule is COc1ccccc1NC(=O)CCOCC(F)(F)F. The van der Waals surface area contributed by atoms with Crippen LogP contribution in [0.25, 0.3) is 0 Å². The fourth-order valence-electron chi connectivity index (χ4n) is 1.31. The first kappa shape index (κ1) is 15.3. The van der Waals surface area contributed by atoms with E-state index in [0.29, 0.717) is 11.4 Å². The van der Waals surface area contributed by atoms with E-state index in [4.69, 9.17) is 4.74 Å². The summed E-state index contributed by atoms with van der Waals surface area (Å²) in [4.78, 5) is 11.5. The first-order chi connectivity index (χ1) is 8.92. The van der Waals surface area contributed by atoms with E-state index in [1.54, 1.807) is 24.3 Å². The van der Waals surface area contributed by atoms with E-state index >= 15 is 0 Å². The zero-order valence-corrected chi connectivity index (χ0v) is 10.3. The van der Waals surface area contributed by atoms with Crippen molar-refractivity contribution >= 4 is 11.6 Å². The van der Waals surface area contributed by atoms with E-state index in [1.807, 2.05) is 0 Å². The number of alkyl halides is 3. The minimum Gasteiger partial charge on any atom is -0.495 e. The monoisotopic (exact) mass is 277 g/mol. The molecule has 4 nitrogen and oxygen atoms in total. The van der Waals surface area contributed by atoms with Gasteiger partial charge < -0.3 is 14.8 Å². The van der Waals surface area contributed by atoms with Crippen LogP contribution >= 0.6 is 0 Å². The van der Waals surface area contributed by atoms with Gasteiger partial charge in [0.1, 0.15) is 12.4 Å². The number of hydrogen-bond acceptors (Lipinski definition) is 3. The second kappa shape index (κ2) is 6.98. The predicted molar refractivity (Wildman–Crippen MR) is 63.1 cm³/mol. The number of benzene rings is 1. The predicted octanol–water partition coefficient (Wildman–Crippen LogP) is 2.60. The molecular weight excluding hydrogens is 263 g/mol. The van der Waals surface area contributed by atoms with Crippen LogP contribution in [0.2, 0.25) is 0 Å².